The second-order valence-electron chi connectivity index (χ2n) is 4.43. The summed E-state index contributed by atoms with van der Waals surface area (Å²) in [4.78, 5) is 20.6. The van der Waals surface area contributed by atoms with E-state index in [0.717, 1.165) is 0 Å². The summed E-state index contributed by atoms with van der Waals surface area (Å²) in [5.74, 6) is 0.350. The molecule has 1 aromatic carbocycles. The molecule has 3 aromatic rings. The Morgan fingerprint density at radius 1 is 1.18 bits per heavy atom. The third-order valence-corrected chi connectivity index (χ3v) is 3.86. The molecular weight excluding hydrogens is 320 g/mol. The molecule has 0 saturated heterocycles. The lowest BCUT2D eigenvalue weighted by molar-refractivity contribution is -0.115. The minimum absolute atomic E-state index is 0.149. The molecular formula is C15H11ClN4OS. The van der Waals surface area contributed by atoms with Crippen LogP contribution >= 0.6 is 23.1 Å². The Balaban J connectivity index is 1.68. The van der Waals surface area contributed by atoms with Crippen LogP contribution in [0.5, 0.6) is 0 Å². The van der Waals surface area contributed by atoms with Crippen molar-refractivity contribution in [2.24, 2.45) is 0 Å². The summed E-state index contributed by atoms with van der Waals surface area (Å²) in [5.41, 5.74) is 1.28. The van der Waals surface area contributed by atoms with Crippen LogP contribution < -0.4 is 5.32 Å². The standard InChI is InChI=1S/C15H11ClN4OS/c16-10-5-1-2-6-11(10)18-13(21)9-14-19-15(20-22-14)12-7-3-4-8-17-12/h1-8H,9H2,(H,18,21). The molecule has 0 atom stereocenters. The lowest BCUT2D eigenvalue weighted by atomic mass is 10.3. The van der Waals surface area contributed by atoms with Gasteiger partial charge in [0.2, 0.25) is 5.91 Å². The minimum atomic E-state index is -0.183. The Bertz CT molecular complexity index is 791. The highest BCUT2D eigenvalue weighted by molar-refractivity contribution is 7.05. The van der Waals surface area contributed by atoms with Gasteiger partial charge in [-0.3, -0.25) is 9.78 Å². The SMILES string of the molecule is O=C(Cc1nc(-c2ccccn2)ns1)Nc1ccccc1Cl. The Morgan fingerprint density at radius 2 is 2.00 bits per heavy atom. The zero-order valence-corrected chi connectivity index (χ0v) is 12.9. The third kappa shape index (κ3) is 3.47. The van der Waals surface area contributed by atoms with Crippen molar-refractivity contribution in [1.82, 2.24) is 14.3 Å². The second kappa shape index (κ2) is 6.64. The number of hydrogen-bond acceptors (Lipinski definition) is 5. The number of amides is 1. The van der Waals surface area contributed by atoms with Crippen molar-refractivity contribution < 1.29 is 4.79 Å². The van der Waals surface area contributed by atoms with Gasteiger partial charge in [0, 0.05) is 6.20 Å². The maximum absolute atomic E-state index is 12.0. The molecule has 1 amide bonds. The van der Waals surface area contributed by atoms with E-state index in [1.807, 2.05) is 30.3 Å². The molecule has 0 aliphatic rings. The van der Waals surface area contributed by atoms with Gasteiger partial charge in [-0.15, -0.1) is 0 Å². The summed E-state index contributed by atoms with van der Waals surface area (Å²) in [5, 5.41) is 3.89. The summed E-state index contributed by atoms with van der Waals surface area (Å²) in [6.45, 7) is 0. The fourth-order valence-corrected chi connectivity index (χ4v) is 2.65. The molecule has 5 nitrogen and oxygen atoms in total. The highest BCUT2D eigenvalue weighted by atomic mass is 35.5. The van der Waals surface area contributed by atoms with Gasteiger partial charge < -0.3 is 5.32 Å². The summed E-state index contributed by atoms with van der Waals surface area (Å²) < 4.78 is 4.23. The molecule has 0 fully saturated rings. The van der Waals surface area contributed by atoms with Gasteiger partial charge in [0.1, 0.15) is 10.7 Å². The predicted octanol–water partition coefficient (Wildman–Crippen LogP) is 3.43. The number of nitrogens with zero attached hydrogens (tertiary/aromatic N) is 3. The summed E-state index contributed by atoms with van der Waals surface area (Å²) >= 11 is 7.20. The maximum Gasteiger partial charge on any atom is 0.231 e. The largest absolute Gasteiger partial charge is 0.324 e. The van der Waals surface area contributed by atoms with Gasteiger partial charge >= 0.3 is 0 Å². The number of halogens is 1. The zero-order chi connectivity index (χ0) is 15.4. The maximum atomic E-state index is 12.0. The number of pyridine rings is 1. The van der Waals surface area contributed by atoms with Crippen LogP contribution in [0.2, 0.25) is 5.02 Å². The van der Waals surface area contributed by atoms with Crippen molar-refractivity contribution in [1.29, 1.82) is 0 Å². The lowest BCUT2D eigenvalue weighted by Gasteiger charge is -2.05. The summed E-state index contributed by atoms with van der Waals surface area (Å²) in [6, 6.07) is 12.6. The van der Waals surface area contributed by atoms with Crippen molar-refractivity contribution in [3.8, 4) is 11.5 Å². The van der Waals surface area contributed by atoms with E-state index < -0.39 is 0 Å². The van der Waals surface area contributed by atoms with Crippen molar-refractivity contribution in [2.75, 3.05) is 5.32 Å². The van der Waals surface area contributed by atoms with E-state index in [1.54, 1.807) is 18.3 Å². The van der Waals surface area contributed by atoms with E-state index in [-0.39, 0.29) is 12.3 Å². The molecule has 0 saturated carbocycles. The molecule has 22 heavy (non-hydrogen) atoms. The van der Waals surface area contributed by atoms with Gasteiger partial charge in [0.15, 0.2) is 5.82 Å². The fourth-order valence-electron chi connectivity index (χ4n) is 1.82. The molecule has 0 aliphatic carbocycles. The van der Waals surface area contributed by atoms with Crippen LogP contribution in [0, 0.1) is 0 Å². The molecule has 0 radical (unpaired) electrons. The van der Waals surface area contributed by atoms with Gasteiger partial charge in [-0.2, -0.15) is 4.37 Å². The predicted molar refractivity (Wildman–Crippen MR) is 86.9 cm³/mol. The summed E-state index contributed by atoms with van der Waals surface area (Å²) in [7, 11) is 0. The number of benzene rings is 1. The second-order valence-corrected chi connectivity index (χ2v) is 5.68. The Hall–Kier alpha value is -2.31. The van der Waals surface area contributed by atoms with Gasteiger partial charge in [0.05, 0.1) is 17.1 Å². The van der Waals surface area contributed by atoms with E-state index in [9.17, 15) is 4.79 Å². The molecule has 3 rings (SSSR count). The summed E-state index contributed by atoms with van der Waals surface area (Å²) in [6.07, 6.45) is 1.83. The van der Waals surface area contributed by atoms with Crippen LogP contribution in [0.4, 0.5) is 5.69 Å². The lowest BCUT2D eigenvalue weighted by Crippen LogP contribution is -2.14. The smallest absolute Gasteiger partial charge is 0.231 e. The molecule has 2 heterocycles. The van der Waals surface area contributed by atoms with E-state index in [2.05, 4.69) is 19.7 Å². The van der Waals surface area contributed by atoms with E-state index >= 15 is 0 Å². The minimum Gasteiger partial charge on any atom is -0.324 e. The van der Waals surface area contributed by atoms with Gasteiger partial charge in [-0.1, -0.05) is 29.8 Å². The molecule has 2 aromatic heterocycles. The number of nitrogens with one attached hydrogen (secondary N) is 1. The first-order valence-corrected chi connectivity index (χ1v) is 7.66. The number of para-hydroxylation sites is 1. The van der Waals surface area contributed by atoms with E-state index in [4.69, 9.17) is 11.6 Å². The van der Waals surface area contributed by atoms with Crippen molar-refractivity contribution in [3.63, 3.8) is 0 Å². The van der Waals surface area contributed by atoms with Gasteiger partial charge in [-0.25, -0.2) is 4.98 Å². The van der Waals surface area contributed by atoms with E-state index in [1.165, 1.54) is 11.5 Å². The average molecular weight is 331 g/mol. The fraction of sp³-hybridized carbons (Fsp3) is 0.0667. The van der Waals surface area contributed by atoms with Crippen LogP contribution in [0.25, 0.3) is 11.5 Å². The first-order valence-electron chi connectivity index (χ1n) is 6.51. The topological polar surface area (TPSA) is 67.8 Å². The number of aromatic nitrogens is 3. The molecule has 1 N–H and O–H groups in total. The molecule has 0 aliphatic heterocycles. The number of hydrogen-bond donors (Lipinski definition) is 1. The molecule has 0 bridgehead atoms. The molecule has 110 valence electrons. The van der Waals surface area contributed by atoms with E-state index in [0.29, 0.717) is 27.2 Å². The highest BCUT2D eigenvalue weighted by Crippen LogP contribution is 2.21. The number of rotatable bonds is 4. The van der Waals surface area contributed by atoms with Crippen LogP contribution in [0.15, 0.2) is 48.7 Å². The van der Waals surface area contributed by atoms with Gasteiger partial charge in [0.25, 0.3) is 0 Å². The van der Waals surface area contributed by atoms with Crippen LogP contribution in [0.1, 0.15) is 5.01 Å². The van der Waals surface area contributed by atoms with Crippen molar-refractivity contribution >= 4 is 34.7 Å². The zero-order valence-electron chi connectivity index (χ0n) is 11.4. The van der Waals surface area contributed by atoms with Crippen LogP contribution in [-0.2, 0) is 11.2 Å². The van der Waals surface area contributed by atoms with Crippen molar-refractivity contribution in [2.45, 2.75) is 6.42 Å². The Morgan fingerprint density at radius 3 is 2.77 bits per heavy atom. The number of anilines is 1. The number of carbonyl (C=O) groups is 1. The highest BCUT2D eigenvalue weighted by Gasteiger charge is 2.12. The van der Waals surface area contributed by atoms with Crippen molar-refractivity contribution in [3.05, 3.63) is 58.7 Å². The third-order valence-electron chi connectivity index (χ3n) is 2.82. The van der Waals surface area contributed by atoms with Gasteiger partial charge in [-0.05, 0) is 35.8 Å². The Labute approximate surface area is 136 Å². The normalized spacial score (nSPS) is 10.4. The Kier molecular flexibility index (Phi) is 4.41. The monoisotopic (exact) mass is 330 g/mol. The molecule has 0 unspecified atom stereocenters. The van der Waals surface area contributed by atoms with Crippen LogP contribution in [0.3, 0.4) is 0 Å². The first kappa shape index (κ1) is 14.6. The van der Waals surface area contributed by atoms with Crippen LogP contribution in [-0.4, -0.2) is 20.2 Å². The quantitative estimate of drug-likeness (QED) is 0.795. The molecule has 0 spiro atoms. The average Bonchev–Trinajstić information content (AvgIpc) is 2.99. The number of carbonyl (C=O) groups excluding carboxylic acids is 1. The molecule has 7 heteroatoms. The first-order chi connectivity index (χ1) is 10.7.